The molecule has 0 aliphatic heterocycles. The van der Waals surface area contributed by atoms with Crippen LogP contribution in [0.4, 0.5) is 14.5 Å². The number of hydrogen-bond donors (Lipinski definition) is 1. The third-order valence-corrected chi connectivity index (χ3v) is 2.86. The quantitative estimate of drug-likeness (QED) is 0.877. The van der Waals surface area contributed by atoms with E-state index < -0.39 is 6.61 Å². The van der Waals surface area contributed by atoms with Crippen molar-refractivity contribution in [3.63, 3.8) is 0 Å². The lowest BCUT2D eigenvalue weighted by atomic mass is 10.1. The van der Waals surface area contributed by atoms with Crippen molar-refractivity contribution in [1.29, 1.82) is 0 Å². The second-order valence-electron chi connectivity index (χ2n) is 4.41. The molecule has 110 valence electrons. The van der Waals surface area contributed by atoms with Gasteiger partial charge in [-0.15, -0.1) is 0 Å². The predicted molar refractivity (Wildman–Crippen MR) is 76.5 cm³/mol. The number of rotatable bonds is 6. The molecule has 0 saturated carbocycles. The van der Waals surface area contributed by atoms with Gasteiger partial charge >= 0.3 is 6.61 Å². The van der Waals surface area contributed by atoms with E-state index in [0.29, 0.717) is 6.42 Å². The number of benzene rings is 2. The summed E-state index contributed by atoms with van der Waals surface area (Å²) in [5.74, 6) is -0.287. The van der Waals surface area contributed by atoms with Gasteiger partial charge in [0.25, 0.3) is 0 Å². The van der Waals surface area contributed by atoms with E-state index in [0.717, 1.165) is 5.56 Å². The van der Waals surface area contributed by atoms with Crippen LogP contribution in [-0.2, 0) is 11.2 Å². The molecule has 0 unspecified atom stereocenters. The monoisotopic (exact) mass is 291 g/mol. The van der Waals surface area contributed by atoms with Gasteiger partial charge in [-0.2, -0.15) is 8.78 Å². The number of alkyl halides is 2. The summed E-state index contributed by atoms with van der Waals surface area (Å²) in [7, 11) is 0. The number of aryl methyl sites for hydroxylation is 1. The summed E-state index contributed by atoms with van der Waals surface area (Å²) in [4.78, 5) is 11.9. The summed E-state index contributed by atoms with van der Waals surface area (Å²) in [5.41, 5.74) is 1.29. The highest BCUT2D eigenvalue weighted by molar-refractivity contribution is 5.92. The molecule has 0 fully saturated rings. The molecule has 0 aliphatic carbocycles. The van der Waals surface area contributed by atoms with Crippen molar-refractivity contribution in [2.45, 2.75) is 19.5 Å². The Morgan fingerprint density at radius 1 is 1.05 bits per heavy atom. The Balaban J connectivity index is 1.93. The van der Waals surface area contributed by atoms with Crippen molar-refractivity contribution < 1.29 is 18.3 Å². The van der Waals surface area contributed by atoms with Crippen molar-refractivity contribution >= 4 is 11.6 Å². The number of halogens is 2. The van der Waals surface area contributed by atoms with E-state index in [1.807, 2.05) is 30.3 Å². The second-order valence-corrected chi connectivity index (χ2v) is 4.41. The van der Waals surface area contributed by atoms with E-state index in [4.69, 9.17) is 0 Å². The average molecular weight is 291 g/mol. The molecule has 21 heavy (non-hydrogen) atoms. The first-order valence-corrected chi connectivity index (χ1v) is 6.53. The largest absolute Gasteiger partial charge is 0.433 e. The van der Waals surface area contributed by atoms with Crippen LogP contribution in [0.25, 0.3) is 0 Å². The summed E-state index contributed by atoms with van der Waals surface area (Å²) in [5, 5.41) is 2.59. The number of ether oxygens (including phenoxy) is 1. The third-order valence-electron chi connectivity index (χ3n) is 2.86. The highest BCUT2D eigenvalue weighted by Gasteiger charge is 2.11. The van der Waals surface area contributed by atoms with Gasteiger partial charge in [-0.3, -0.25) is 4.79 Å². The highest BCUT2D eigenvalue weighted by atomic mass is 19.3. The normalized spacial score (nSPS) is 10.4. The Morgan fingerprint density at radius 3 is 2.43 bits per heavy atom. The molecular weight excluding hydrogens is 276 g/mol. The number of para-hydroxylation sites is 2. The minimum absolute atomic E-state index is 0.0411. The molecule has 0 heterocycles. The first kappa shape index (κ1) is 15.0. The molecule has 0 aliphatic rings. The molecule has 2 aromatic carbocycles. The molecule has 0 radical (unpaired) electrons. The van der Waals surface area contributed by atoms with Gasteiger partial charge in [0.1, 0.15) is 5.75 Å². The maximum Gasteiger partial charge on any atom is 0.387 e. The van der Waals surface area contributed by atoms with Crippen molar-refractivity contribution in [3.8, 4) is 5.75 Å². The third kappa shape index (κ3) is 4.87. The van der Waals surface area contributed by atoms with E-state index in [9.17, 15) is 13.6 Å². The molecule has 1 N–H and O–H groups in total. The maximum absolute atomic E-state index is 12.3. The number of anilines is 1. The number of carbonyl (C=O) groups excluding carboxylic acids is 1. The molecule has 0 bridgehead atoms. The van der Waals surface area contributed by atoms with Crippen LogP contribution in [0.5, 0.6) is 5.75 Å². The second kappa shape index (κ2) is 7.38. The fourth-order valence-corrected chi connectivity index (χ4v) is 1.88. The number of nitrogens with one attached hydrogen (secondary N) is 1. The number of hydrogen-bond acceptors (Lipinski definition) is 2. The molecule has 3 nitrogen and oxygen atoms in total. The summed E-state index contributed by atoms with van der Waals surface area (Å²) in [6.07, 6.45) is 0.859. The molecule has 0 spiro atoms. The van der Waals surface area contributed by atoms with Crippen LogP contribution in [0, 0.1) is 0 Å². The minimum atomic E-state index is -2.92. The van der Waals surface area contributed by atoms with Gasteiger partial charge in [0.15, 0.2) is 0 Å². The highest BCUT2D eigenvalue weighted by Crippen LogP contribution is 2.25. The lowest BCUT2D eigenvalue weighted by molar-refractivity contribution is -0.116. The van der Waals surface area contributed by atoms with Crippen LogP contribution in [0.1, 0.15) is 12.0 Å². The molecule has 1 amide bonds. The first-order chi connectivity index (χ1) is 10.1. The van der Waals surface area contributed by atoms with Gasteiger partial charge in [-0.25, -0.2) is 0 Å². The van der Waals surface area contributed by atoms with Crippen molar-refractivity contribution in [3.05, 3.63) is 60.2 Å². The van der Waals surface area contributed by atoms with E-state index in [1.165, 1.54) is 12.1 Å². The standard InChI is InChI=1S/C16H15F2NO2/c17-16(18)21-14-9-5-4-8-13(14)19-15(20)11-10-12-6-2-1-3-7-12/h1-9,16H,10-11H2,(H,19,20). The fraction of sp³-hybridized carbons (Fsp3) is 0.188. The van der Waals surface area contributed by atoms with E-state index >= 15 is 0 Å². The summed E-state index contributed by atoms with van der Waals surface area (Å²) < 4.78 is 28.9. The SMILES string of the molecule is O=C(CCc1ccccc1)Nc1ccccc1OC(F)F. The van der Waals surface area contributed by atoms with E-state index in [-0.39, 0.29) is 23.8 Å². The maximum atomic E-state index is 12.3. The van der Waals surface area contributed by atoms with Crippen molar-refractivity contribution in [2.24, 2.45) is 0 Å². The average Bonchev–Trinajstić information content (AvgIpc) is 2.48. The van der Waals surface area contributed by atoms with Crippen molar-refractivity contribution in [1.82, 2.24) is 0 Å². The van der Waals surface area contributed by atoms with Gasteiger partial charge in [-0.05, 0) is 24.1 Å². The van der Waals surface area contributed by atoms with Gasteiger partial charge in [0.2, 0.25) is 5.91 Å². The Bertz CT molecular complexity index is 588. The van der Waals surface area contributed by atoms with Crippen molar-refractivity contribution in [2.75, 3.05) is 5.32 Å². The number of amides is 1. The zero-order valence-electron chi connectivity index (χ0n) is 11.3. The van der Waals surface area contributed by atoms with Gasteiger partial charge < -0.3 is 10.1 Å². The number of carbonyl (C=O) groups is 1. The summed E-state index contributed by atoms with van der Waals surface area (Å²) >= 11 is 0. The lowest BCUT2D eigenvalue weighted by Crippen LogP contribution is -2.14. The van der Waals surface area contributed by atoms with Crippen LogP contribution in [0.15, 0.2) is 54.6 Å². The zero-order valence-corrected chi connectivity index (χ0v) is 11.3. The van der Waals surface area contributed by atoms with Crippen LogP contribution in [-0.4, -0.2) is 12.5 Å². The zero-order chi connectivity index (χ0) is 15.1. The molecular formula is C16H15F2NO2. The van der Waals surface area contributed by atoms with Gasteiger partial charge in [-0.1, -0.05) is 42.5 Å². The molecule has 0 atom stereocenters. The minimum Gasteiger partial charge on any atom is -0.433 e. The molecule has 2 aromatic rings. The topological polar surface area (TPSA) is 38.3 Å². The van der Waals surface area contributed by atoms with Gasteiger partial charge in [0.05, 0.1) is 5.69 Å². The Hall–Kier alpha value is -2.43. The predicted octanol–water partition coefficient (Wildman–Crippen LogP) is 3.86. The molecule has 2 rings (SSSR count). The van der Waals surface area contributed by atoms with Crippen LogP contribution < -0.4 is 10.1 Å². The first-order valence-electron chi connectivity index (χ1n) is 6.53. The lowest BCUT2D eigenvalue weighted by Gasteiger charge is -2.11. The fourth-order valence-electron chi connectivity index (χ4n) is 1.88. The smallest absolute Gasteiger partial charge is 0.387 e. The Kier molecular flexibility index (Phi) is 5.26. The Labute approximate surface area is 121 Å². The van der Waals surface area contributed by atoms with Crippen LogP contribution in [0.3, 0.4) is 0 Å². The summed E-state index contributed by atoms with van der Waals surface area (Å²) in [6.45, 7) is -2.92. The van der Waals surface area contributed by atoms with Crippen LogP contribution >= 0.6 is 0 Å². The van der Waals surface area contributed by atoms with E-state index in [1.54, 1.807) is 12.1 Å². The van der Waals surface area contributed by atoms with E-state index in [2.05, 4.69) is 10.1 Å². The molecule has 5 heteroatoms. The Morgan fingerprint density at radius 2 is 1.71 bits per heavy atom. The molecule has 0 aromatic heterocycles. The van der Waals surface area contributed by atoms with Crippen LogP contribution in [0.2, 0.25) is 0 Å². The van der Waals surface area contributed by atoms with Gasteiger partial charge in [0, 0.05) is 6.42 Å². The molecule has 0 saturated heterocycles. The summed E-state index contributed by atoms with van der Waals surface area (Å²) in [6, 6.07) is 15.7.